The van der Waals surface area contributed by atoms with Gasteiger partial charge in [0.15, 0.2) is 0 Å². The molecular formula is C13H25N5O. The van der Waals surface area contributed by atoms with Crippen LogP contribution in [0.4, 0.5) is 11.6 Å². The largest absolute Gasteiger partial charge is 0.379 e. The van der Waals surface area contributed by atoms with Crippen molar-refractivity contribution in [1.29, 1.82) is 0 Å². The number of unbranched alkanes of at least 4 members (excludes halogenated alkanes) is 1. The standard InChI is InChI=1S/C13H25N5O/c1-9(2)19-8-6-5-7-15-12-10(3)13(18-14)17-11(4)16-12/h9H,5-8,14H2,1-4H3,(H2,15,16,17,18). The molecule has 0 bridgehead atoms. The maximum atomic E-state index is 5.49. The van der Waals surface area contributed by atoms with Gasteiger partial charge in [-0.05, 0) is 40.5 Å². The van der Waals surface area contributed by atoms with E-state index in [9.17, 15) is 0 Å². The van der Waals surface area contributed by atoms with Gasteiger partial charge in [0.1, 0.15) is 17.5 Å². The Morgan fingerprint density at radius 1 is 1.16 bits per heavy atom. The first-order valence-corrected chi connectivity index (χ1v) is 6.72. The second kappa shape index (κ2) is 7.91. The summed E-state index contributed by atoms with van der Waals surface area (Å²) in [6.45, 7) is 9.56. The van der Waals surface area contributed by atoms with Crippen molar-refractivity contribution in [2.45, 2.75) is 46.6 Å². The third-order valence-corrected chi connectivity index (χ3v) is 2.71. The molecular weight excluding hydrogens is 242 g/mol. The summed E-state index contributed by atoms with van der Waals surface area (Å²) in [5, 5.41) is 3.31. The molecule has 0 spiro atoms. The molecule has 6 nitrogen and oxygen atoms in total. The van der Waals surface area contributed by atoms with Gasteiger partial charge in [0.05, 0.1) is 6.10 Å². The zero-order valence-corrected chi connectivity index (χ0v) is 12.3. The summed E-state index contributed by atoms with van der Waals surface area (Å²) in [5.41, 5.74) is 3.53. The zero-order chi connectivity index (χ0) is 14.3. The van der Waals surface area contributed by atoms with Crippen LogP contribution in [0.15, 0.2) is 0 Å². The van der Waals surface area contributed by atoms with E-state index in [-0.39, 0.29) is 0 Å². The van der Waals surface area contributed by atoms with Crippen LogP contribution in [0.2, 0.25) is 0 Å². The number of nitrogens with one attached hydrogen (secondary N) is 2. The summed E-state index contributed by atoms with van der Waals surface area (Å²) in [6.07, 6.45) is 2.38. The van der Waals surface area contributed by atoms with Crippen LogP contribution in [-0.2, 0) is 4.74 Å². The average Bonchev–Trinajstić information content (AvgIpc) is 2.36. The van der Waals surface area contributed by atoms with Crippen molar-refractivity contribution in [2.75, 3.05) is 23.9 Å². The molecule has 1 rings (SSSR count). The minimum atomic E-state index is 0.304. The molecule has 0 saturated heterocycles. The lowest BCUT2D eigenvalue weighted by Gasteiger charge is -2.12. The predicted octanol–water partition coefficient (Wildman–Crippen LogP) is 2.00. The molecule has 1 heterocycles. The van der Waals surface area contributed by atoms with Gasteiger partial charge in [-0.15, -0.1) is 0 Å². The van der Waals surface area contributed by atoms with Crippen molar-refractivity contribution in [3.63, 3.8) is 0 Å². The molecule has 0 radical (unpaired) electrons. The second-order valence-corrected chi connectivity index (χ2v) is 4.79. The van der Waals surface area contributed by atoms with E-state index in [2.05, 4.69) is 20.7 Å². The topological polar surface area (TPSA) is 85.1 Å². The number of ether oxygens (including phenoxy) is 1. The van der Waals surface area contributed by atoms with E-state index in [0.717, 1.165) is 37.4 Å². The van der Waals surface area contributed by atoms with Crippen molar-refractivity contribution in [3.05, 3.63) is 11.4 Å². The Hall–Kier alpha value is -1.40. The van der Waals surface area contributed by atoms with E-state index < -0.39 is 0 Å². The average molecular weight is 267 g/mol. The molecule has 0 aliphatic rings. The fourth-order valence-electron chi connectivity index (χ4n) is 1.69. The van der Waals surface area contributed by atoms with Crippen LogP contribution in [0.25, 0.3) is 0 Å². The number of nitrogens with zero attached hydrogens (tertiary/aromatic N) is 2. The van der Waals surface area contributed by atoms with E-state index in [1.807, 2.05) is 27.7 Å². The number of hydrogen-bond donors (Lipinski definition) is 3. The van der Waals surface area contributed by atoms with Gasteiger partial charge in [0.25, 0.3) is 0 Å². The van der Waals surface area contributed by atoms with Gasteiger partial charge in [-0.1, -0.05) is 0 Å². The van der Waals surface area contributed by atoms with Crippen LogP contribution in [0.3, 0.4) is 0 Å². The number of hydrazine groups is 1. The van der Waals surface area contributed by atoms with E-state index in [0.29, 0.717) is 17.7 Å². The third-order valence-electron chi connectivity index (χ3n) is 2.71. The molecule has 0 amide bonds. The molecule has 108 valence electrons. The Bertz CT molecular complexity index is 395. The predicted molar refractivity (Wildman–Crippen MR) is 78.1 cm³/mol. The molecule has 4 N–H and O–H groups in total. The number of nitrogen functional groups attached to an aromatic ring is 1. The van der Waals surface area contributed by atoms with Crippen LogP contribution in [0.1, 0.15) is 38.1 Å². The minimum Gasteiger partial charge on any atom is -0.379 e. The third kappa shape index (κ3) is 5.40. The minimum absolute atomic E-state index is 0.304. The summed E-state index contributed by atoms with van der Waals surface area (Å²) in [5.74, 6) is 7.63. The number of anilines is 2. The van der Waals surface area contributed by atoms with E-state index in [4.69, 9.17) is 10.6 Å². The van der Waals surface area contributed by atoms with Gasteiger partial charge >= 0.3 is 0 Å². The molecule has 0 atom stereocenters. The number of aromatic nitrogens is 2. The van der Waals surface area contributed by atoms with Crippen LogP contribution >= 0.6 is 0 Å². The lowest BCUT2D eigenvalue weighted by atomic mass is 10.3. The fraction of sp³-hybridized carbons (Fsp3) is 0.692. The summed E-state index contributed by atoms with van der Waals surface area (Å²) >= 11 is 0. The number of nitrogens with two attached hydrogens (primary N) is 1. The Morgan fingerprint density at radius 3 is 2.47 bits per heavy atom. The molecule has 19 heavy (non-hydrogen) atoms. The highest BCUT2D eigenvalue weighted by atomic mass is 16.5. The lowest BCUT2D eigenvalue weighted by Crippen LogP contribution is -2.14. The van der Waals surface area contributed by atoms with Crippen LogP contribution in [0.5, 0.6) is 0 Å². The first-order valence-electron chi connectivity index (χ1n) is 6.72. The van der Waals surface area contributed by atoms with Crippen LogP contribution in [-0.4, -0.2) is 29.2 Å². The lowest BCUT2D eigenvalue weighted by molar-refractivity contribution is 0.0765. The molecule has 0 aliphatic carbocycles. The van der Waals surface area contributed by atoms with Gasteiger partial charge < -0.3 is 15.5 Å². The monoisotopic (exact) mass is 267 g/mol. The molecule has 0 aliphatic heterocycles. The van der Waals surface area contributed by atoms with E-state index >= 15 is 0 Å². The molecule has 1 aromatic heterocycles. The Morgan fingerprint density at radius 2 is 1.84 bits per heavy atom. The van der Waals surface area contributed by atoms with Crippen molar-refractivity contribution in [1.82, 2.24) is 9.97 Å². The first-order chi connectivity index (χ1) is 9.04. The molecule has 0 aromatic carbocycles. The summed E-state index contributed by atoms with van der Waals surface area (Å²) in [7, 11) is 0. The number of aryl methyl sites for hydroxylation is 1. The summed E-state index contributed by atoms with van der Waals surface area (Å²) in [4.78, 5) is 8.60. The fourth-order valence-corrected chi connectivity index (χ4v) is 1.69. The number of hydrogen-bond acceptors (Lipinski definition) is 6. The highest BCUT2D eigenvalue weighted by molar-refractivity contribution is 5.56. The van der Waals surface area contributed by atoms with Crippen LogP contribution in [0, 0.1) is 13.8 Å². The normalized spacial score (nSPS) is 10.8. The quantitative estimate of drug-likeness (QED) is 0.379. The highest BCUT2D eigenvalue weighted by Crippen LogP contribution is 2.18. The molecule has 0 saturated carbocycles. The molecule has 0 fully saturated rings. The van der Waals surface area contributed by atoms with Gasteiger partial charge in [-0.3, -0.25) is 0 Å². The molecule has 1 aromatic rings. The number of rotatable bonds is 8. The SMILES string of the molecule is Cc1nc(NN)c(C)c(NCCCCOC(C)C)n1. The Balaban J connectivity index is 2.39. The first kappa shape index (κ1) is 15.7. The van der Waals surface area contributed by atoms with Gasteiger partial charge in [-0.2, -0.15) is 0 Å². The Kier molecular flexibility index (Phi) is 6.52. The molecule has 0 unspecified atom stereocenters. The van der Waals surface area contributed by atoms with Crippen molar-refractivity contribution < 1.29 is 4.74 Å². The van der Waals surface area contributed by atoms with Crippen LogP contribution < -0.4 is 16.6 Å². The second-order valence-electron chi connectivity index (χ2n) is 4.79. The maximum Gasteiger partial charge on any atom is 0.148 e. The van der Waals surface area contributed by atoms with E-state index in [1.165, 1.54) is 0 Å². The molecule has 6 heteroatoms. The van der Waals surface area contributed by atoms with Crippen molar-refractivity contribution >= 4 is 11.6 Å². The van der Waals surface area contributed by atoms with Crippen molar-refractivity contribution in [2.24, 2.45) is 5.84 Å². The maximum absolute atomic E-state index is 5.49. The summed E-state index contributed by atoms with van der Waals surface area (Å²) < 4.78 is 5.49. The smallest absolute Gasteiger partial charge is 0.148 e. The van der Waals surface area contributed by atoms with E-state index in [1.54, 1.807) is 0 Å². The summed E-state index contributed by atoms with van der Waals surface area (Å²) in [6, 6.07) is 0. The van der Waals surface area contributed by atoms with Crippen molar-refractivity contribution in [3.8, 4) is 0 Å². The Labute approximate surface area is 115 Å². The zero-order valence-electron chi connectivity index (χ0n) is 12.3. The van der Waals surface area contributed by atoms with Gasteiger partial charge in [0, 0.05) is 18.7 Å². The van der Waals surface area contributed by atoms with Gasteiger partial charge in [-0.25, -0.2) is 15.8 Å². The van der Waals surface area contributed by atoms with Gasteiger partial charge in [0.2, 0.25) is 0 Å². The highest BCUT2D eigenvalue weighted by Gasteiger charge is 2.07.